The first kappa shape index (κ1) is 19.2. The summed E-state index contributed by atoms with van der Waals surface area (Å²) in [5.41, 5.74) is 5.94. The lowest BCUT2D eigenvalue weighted by molar-refractivity contribution is -0.122. The molecule has 3 aromatic rings. The van der Waals surface area contributed by atoms with Crippen molar-refractivity contribution in [1.29, 1.82) is 0 Å². The Morgan fingerprint density at radius 1 is 1.17 bits per heavy atom. The quantitative estimate of drug-likeness (QED) is 0.678. The predicted molar refractivity (Wildman–Crippen MR) is 113 cm³/mol. The number of nitrogens with one attached hydrogen (secondary N) is 1. The molecule has 0 spiro atoms. The van der Waals surface area contributed by atoms with Crippen molar-refractivity contribution >= 4 is 5.91 Å². The molecule has 1 aliphatic rings. The highest BCUT2D eigenvalue weighted by atomic mass is 16.5. The maximum Gasteiger partial charge on any atom is 0.223 e. The summed E-state index contributed by atoms with van der Waals surface area (Å²) in [6, 6.07) is 16.0. The highest BCUT2D eigenvalue weighted by Gasteiger charge is 2.26. The lowest BCUT2D eigenvalue weighted by Gasteiger charge is -2.24. The van der Waals surface area contributed by atoms with Gasteiger partial charge in [0.2, 0.25) is 5.91 Å². The van der Waals surface area contributed by atoms with Crippen molar-refractivity contribution in [2.45, 2.75) is 45.6 Å². The Morgan fingerprint density at radius 2 is 2.00 bits per heavy atom. The van der Waals surface area contributed by atoms with E-state index in [-0.39, 0.29) is 11.9 Å². The SMILES string of the molecule is Cc1ccc(-n2ncc3c2CCC[C@@H]3NC(=O)CCOc2ccccc2)cc1C. The van der Waals surface area contributed by atoms with Gasteiger partial charge >= 0.3 is 0 Å². The lowest BCUT2D eigenvalue weighted by atomic mass is 9.92. The van der Waals surface area contributed by atoms with Crippen molar-refractivity contribution in [2.24, 2.45) is 0 Å². The predicted octanol–water partition coefficient (Wildman–Crippen LogP) is 4.45. The Kier molecular flexibility index (Phi) is 5.65. The number of hydrogen-bond acceptors (Lipinski definition) is 3. The second-order valence-corrected chi connectivity index (χ2v) is 7.65. The van der Waals surface area contributed by atoms with Crippen LogP contribution < -0.4 is 10.1 Å². The van der Waals surface area contributed by atoms with Gasteiger partial charge in [0.15, 0.2) is 0 Å². The van der Waals surface area contributed by atoms with Gasteiger partial charge in [0.25, 0.3) is 0 Å². The number of carbonyl (C=O) groups is 1. The van der Waals surface area contributed by atoms with Crippen LogP contribution in [0.2, 0.25) is 0 Å². The first-order valence-corrected chi connectivity index (χ1v) is 10.2. The first-order valence-electron chi connectivity index (χ1n) is 10.2. The molecule has 0 saturated carbocycles. The summed E-state index contributed by atoms with van der Waals surface area (Å²) in [4.78, 5) is 12.5. The molecule has 5 heteroatoms. The molecule has 2 aromatic carbocycles. The Balaban J connectivity index is 1.41. The van der Waals surface area contributed by atoms with Crippen LogP contribution in [-0.4, -0.2) is 22.3 Å². The summed E-state index contributed by atoms with van der Waals surface area (Å²) in [6.07, 6.45) is 5.21. The fourth-order valence-corrected chi connectivity index (χ4v) is 3.83. The number of carbonyl (C=O) groups excluding carboxylic acids is 1. The molecule has 0 bridgehead atoms. The minimum absolute atomic E-state index is 0.0118. The van der Waals surface area contributed by atoms with Gasteiger partial charge in [0, 0.05) is 11.3 Å². The molecule has 1 atom stereocenters. The van der Waals surface area contributed by atoms with Crippen molar-refractivity contribution in [3.05, 3.63) is 77.1 Å². The van der Waals surface area contributed by atoms with Crippen LogP contribution in [0.15, 0.2) is 54.7 Å². The monoisotopic (exact) mass is 389 g/mol. The van der Waals surface area contributed by atoms with Gasteiger partial charge in [-0.3, -0.25) is 4.79 Å². The molecule has 0 radical (unpaired) electrons. The molecule has 1 amide bonds. The Morgan fingerprint density at radius 3 is 2.79 bits per heavy atom. The average Bonchev–Trinajstić information content (AvgIpc) is 3.16. The summed E-state index contributed by atoms with van der Waals surface area (Å²) in [5.74, 6) is 0.799. The van der Waals surface area contributed by atoms with Gasteiger partial charge in [-0.05, 0) is 68.5 Å². The lowest BCUT2D eigenvalue weighted by Crippen LogP contribution is -2.31. The number of nitrogens with zero attached hydrogens (tertiary/aromatic N) is 2. The number of hydrogen-bond donors (Lipinski definition) is 1. The zero-order chi connectivity index (χ0) is 20.2. The molecular weight excluding hydrogens is 362 g/mol. The Bertz CT molecular complexity index is 995. The molecule has 1 heterocycles. The molecule has 1 aromatic heterocycles. The summed E-state index contributed by atoms with van der Waals surface area (Å²) in [6.45, 7) is 4.61. The molecule has 150 valence electrons. The van der Waals surface area contributed by atoms with Crippen LogP contribution >= 0.6 is 0 Å². The number of para-hydroxylation sites is 1. The van der Waals surface area contributed by atoms with Gasteiger partial charge in [-0.2, -0.15) is 5.10 Å². The maximum atomic E-state index is 12.5. The van der Waals surface area contributed by atoms with Gasteiger partial charge in [-0.15, -0.1) is 0 Å². The fourth-order valence-electron chi connectivity index (χ4n) is 3.83. The zero-order valence-corrected chi connectivity index (χ0v) is 17.0. The van der Waals surface area contributed by atoms with Gasteiger partial charge in [0.1, 0.15) is 5.75 Å². The van der Waals surface area contributed by atoms with E-state index in [0.29, 0.717) is 13.0 Å². The van der Waals surface area contributed by atoms with Gasteiger partial charge in [-0.1, -0.05) is 24.3 Å². The Labute approximate surface area is 171 Å². The van der Waals surface area contributed by atoms with Crippen molar-refractivity contribution in [2.75, 3.05) is 6.61 Å². The number of benzene rings is 2. The second kappa shape index (κ2) is 8.52. The molecule has 0 aliphatic heterocycles. The van der Waals surface area contributed by atoms with Crippen molar-refractivity contribution in [3.63, 3.8) is 0 Å². The van der Waals surface area contributed by atoms with Gasteiger partial charge in [0.05, 0.1) is 31.0 Å². The van der Waals surface area contributed by atoms with E-state index in [9.17, 15) is 4.79 Å². The van der Waals surface area contributed by atoms with E-state index >= 15 is 0 Å². The van der Waals surface area contributed by atoms with Crippen molar-refractivity contribution < 1.29 is 9.53 Å². The number of rotatable bonds is 6. The zero-order valence-electron chi connectivity index (χ0n) is 17.0. The smallest absolute Gasteiger partial charge is 0.223 e. The Hall–Kier alpha value is -3.08. The fraction of sp³-hybridized carbons (Fsp3) is 0.333. The van der Waals surface area contributed by atoms with Crippen molar-refractivity contribution in [3.8, 4) is 11.4 Å². The summed E-state index contributed by atoms with van der Waals surface area (Å²) < 4.78 is 7.67. The number of fused-ring (bicyclic) bond motifs is 1. The number of ether oxygens (including phenoxy) is 1. The molecule has 4 rings (SSSR count). The van der Waals surface area contributed by atoms with E-state index < -0.39 is 0 Å². The van der Waals surface area contributed by atoms with Crippen LogP contribution in [0.25, 0.3) is 5.69 Å². The van der Waals surface area contributed by atoms with Gasteiger partial charge < -0.3 is 10.1 Å². The third-order valence-corrected chi connectivity index (χ3v) is 5.59. The van der Waals surface area contributed by atoms with Crippen LogP contribution in [0.1, 0.15) is 47.7 Å². The van der Waals surface area contributed by atoms with E-state index in [1.165, 1.54) is 16.8 Å². The maximum absolute atomic E-state index is 12.5. The summed E-state index contributed by atoms with van der Waals surface area (Å²) in [7, 11) is 0. The van der Waals surface area contributed by atoms with E-state index in [2.05, 4.69) is 42.5 Å². The molecule has 5 nitrogen and oxygen atoms in total. The minimum Gasteiger partial charge on any atom is -0.493 e. The number of aromatic nitrogens is 2. The summed E-state index contributed by atoms with van der Waals surface area (Å²) in [5, 5.41) is 7.81. The van der Waals surface area contributed by atoms with E-state index in [0.717, 1.165) is 36.3 Å². The third kappa shape index (κ3) is 4.34. The number of aryl methyl sites for hydroxylation is 2. The molecule has 1 N–H and O–H groups in total. The standard InChI is InChI=1S/C24H27N3O2/c1-17-11-12-19(15-18(17)2)27-23-10-6-9-22(21(23)16-25-27)26-24(28)13-14-29-20-7-4-3-5-8-20/h3-5,7-8,11-12,15-16,22H,6,9-10,13-14H2,1-2H3,(H,26,28)/t22-/m0/s1. The van der Waals surface area contributed by atoms with Crippen molar-refractivity contribution in [1.82, 2.24) is 15.1 Å². The molecule has 0 unspecified atom stereocenters. The van der Waals surface area contributed by atoms with E-state index in [4.69, 9.17) is 4.74 Å². The molecule has 0 fully saturated rings. The van der Waals surface area contributed by atoms with Crippen LogP contribution in [-0.2, 0) is 11.2 Å². The van der Waals surface area contributed by atoms with Crippen LogP contribution in [0, 0.1) is 13.8 Å². The average molecular weight is 389 g/mol. The normalized spacial score (nSPS) is 15.6. The molecule has 29 heavy (non-hydrogen) atoms. The third-order valence-electron chi connectivity index (χ3n) is 5.59. The van der Waals surface area contributed by atoms with Crippen LogP contribution in [0.5, 0.6) is 5.75 Å². The molecule has 1 aliphatic carbocycles. The highest BCUT2D eigenvalue weighted by molar-refractivity contribution is 5.76. The largest absolute Gasteiger partial charge is 0.493 e. The second-order valence-electron chi connectivity index (χ2n) is 7.65. The molecule has 0 saturated heterocycles. The minimum atomic E-state index is 0.0118. The highest BCUT2D eigenvalue weighted by Crippen LogP contribution is 2.31. The first-order chi connectivity index (χ1) is 14.1. The number of amides is 1. The van der Waals surface area contributed by atoms with Crippen LogP contribution in [0.3, 0.4) is 0 Å². The topological polar surface area (TPSA) is 56.2 Å². The van der Waals surface area contributed by atoms with Crippen LogP contribution in [0.4, 0.5) is 0 Å². The summed E-state index contributed by atoms with van der Waals surface area (Å²) >= 11 is 0. The van der Waals surface area contributed by atoms with E-state index in [1.807, 2.05) is 41.2 Å². The van der Waals surface area contributed by atoms with Gasteiger partial charge in [-0.25, -0.2) is 4.68 Å². The van der Waals surface area contributed by atoms with E-state index in [1.54, 1.807) is 0 Å². The molecular formula is C24H27N3O2.